The number of carbonyl (C=O) groups excluding carboxylic acids is 2. The molecule has 4 N–H and O–H groups in total. The summed E-state index contributed by atoms with van der Waals surface area (Å²) in [5, 5.41) is 4.21. The van der Waals surface area contributed by atoms with Gasteiger partial charge in [-0.05, 0) is 18.2 Å². The van der Waals surface area contributed by atoms with Crippen molar-refractivity contribution in [3.8, 4) is 0 Å². The third-order valence-corrected chi connectivity index (χ3v) is 3.91. The highest BCUT2D eigenvalue weighted by atomic mass is 19.4. The molecule has 0 bridgehead atoms. The van der Waals surface area contributed by atoms with Crippen molar-refractivity contribution in [2.24, 2.45) is 5.73 Å². The summed E-state index contributed by atoms with van der Waals surface area (Å²) in [5.74, 6) is -1.38. The van der Waals surface area contributed by atoms with E-state index in [1.807, 2.05) is 5.32 Å². The van der Waals surface area contributed by atoms with Crippen LogP contribution in [0.15, 0.2) is 18.2 Å². The normalized spacial score (nSPS) is 16.4. The van der Waals surface area contributed by atoms with E-state index in [0.29, 0.717) is 0 Å². The summed E-state index contributed by atoms with van der Waals surface area (Å²) in [4.78, 5) is 25.1. The molecule has 28 heavy (non-hydrogen) atoms. The fourth-order valence-electron chi connectivity index (χ4n) is 2.58. The molecule has 2 amide bonds. The Balaban J connectivity index is 2.16. The highest BCUT2D eigenvalue weighted by Gasteiger charge is 2.30. The van der Waals surface area contributed by atoms with E-state index in [1.54, 1.807) is 0 Å². The fourth-order valence-corrected chi connectivity index (χ4v) is 2.58. The van der Waals surface area contributed by atoms with E-state index in [2.05, 4.69) is 5.32 Å². The van der Waals surface area contributed by atoms with E-state index in [0.717, 1.165) is 11.0 Å². The van der Waals surface area contributed by atoms with Crippen LogP contribution < -0.4 is 21.3 Å². The minimum Gasteiger partial charge on any atom is -0.370 e. The SMILES string of the molecule is NC[C@H](NCC(F)(F)F)C(=O)Nc1ccc(N2CCOCC2=O)c(C(F)F)c1. The number of nitrogens with zero attached hydrogens (tertiary/aromatic N) is 1. The van der Waals surface area contributed by atoms with Gasteiger partial charge in [0.25, 0.3) is 12.3 Å². The number of halogens is 5. The first-order valence-electron chi connectivity index (χ1n) is 8.23. The molecular formula is C16H19F5N4O3. The van der Waals surface area contributed by atoms with Crippen molar-refractivity contribution in [2.75, 3.05) is 43.1 Å². The highest BCUT2D eigenvalue weighted by molar-refractivity contribution is 5.97. The van der Waals surface area contributed by atoms with Gasteiger partial charge in [-0.3, -0.25) is 14.9 Å². The van der Waals surface area contributed by atoms with Crippen LogP contribution in [0.25, 0.3) is 0 Å². The predicted molar refractivity (Wildman–Crippen MR) is 90.1 cm³/mol. The number of nitrogens with one attached hydrogen (secondary N) is 2. The summed E-state index contributed by atoms with van der Waals surface area (Å²) in [6.45, 7) is -1.80. The van der Waals surface area contributed by atoms with Crippen LogP contribution in [0.1, 0.15) is 12.0 Å². The van der Waals surface area contributed by atoms with E-state index >= 15 is 0 Å². The van der Waals surface area contributed by atoms with Gasteiger partial charge in [0, 0.05) is 24.3 Å². The molecule has 1 aliphatic heterocycles. The summed E-state index contributed by atoms with van der Waals surface area (Å²) in [7, 11) is 0. The van der Waals surface area contributed by atoms with Crippen LogP contribution in [-0.4, -0.2) is 56.9 Å². The summed E-state index contributed by atoms with van der Waals surface area (Å²) >= 11 is 0. The molecule has 0 radical (unpaired) electrons. The Kier molecular flexibility index (Phi) is 7.27. The number of carbonyl (C=O) groups is 2. The zero-order valence-electron chi connectivity index (χ0n) is 14.6. The first-order valence-corrected chi connectivity index (χ1v) is 8.23. The van der Waals surface area contributed by atoms with Crippen molar-refractivity contribution in [1.29, 1.82) is 0 Å². The average Bonchev–Trinajstić information content (AvgIpc) is 2.62. The highest BCUT2D eigenvalue weighted by Crippen LogP contribution is 2.33. The lowest BCUT2D eigenvalue weighted by atomic mass is 10.1. The largest absolute Gasteiger partial charge is 0.401 e. The molecule has 0 spiro atoms. The van der Waals surface area contributed by atoms with Gasteiger partial charge < -0.3 is 20.7 Å². The van der Waals surface area contributed by atoms with Crippen LogP contribution in [0.3, 0.4) is 0 Å². The lowest BCUT2D eigenvalue weighted by molar-refractivity contribution is -0.130. The van der Waals surface area contributed by atoms with Crippen molar-refractivity contribution in [1.82, 2.24) is 5.32 Å². The maximum absolute atomic E-state index is 13.5. The van der Waals surface area contributed by atoms with Crippen molar-refractivity contribution >= 4 is 23.2 Å². The molecule has 1 saturated heterocycles. The molecule has 1 aromatic rings. The molecule has 1 atom stereocenters. The number of alkyl halides is 5. The van der Waals surface area contributed by atoms with Gasteiger partial charge in [0.2, 0.25) is 5.91 Å². The maximum Gasteiger partial charge on any atom is 0.401 e. The number of ether oxygens (including phenoxy) is 1. The first-order chi connectivity index (χ1) is 13.1. The number of hydrogen-bond donors (Lipinski definition) is 3. The molecule has 1 heterocycles. The first kappa shape index (κ1) is 22.0. The topological polar surface area (TPSA) is 96.7 Å². The van der Waals surface area contributed by atoms with Crippen LogP contribution in [0.5, 0.6) is 0 Å². The van der Waals surface area contributed by atoms with Gasteiger partial charge in [0.05, 0.1) is 24.9 Å². The summed E-state index contributed by atoms with van der Waals surface area (Å²) in [6, 6.07) is 2.12. The maximum atomic E-state index is 13.5. The van der Waals surface area contributed by atoms with Crippen LogP contribution in [0.2, 0.25) is 0 Å². The fraction of sp³-hybridized carbons (Fsp3) is 0.500. The Hall–Kier alpha value is -2.31. The van der Waals surface area contributed by atoms with E-state index in [9.17, 15) is 31.5 Å². The van der Waals surface area contributed by atoms with Crippen LogP contribution in [0, 0.1) is 0 Å². The summed E-state index contributed by atoms with van der Waals surface area (Å²) in [5.41, 5.74) is 4.73. The van der Waals surface area contributed by atoms with E-state index < -0.39 is 49.1 Å². The van der Waals surface area contributed by atoms with Gasteiger partial charge in [-0.2, -0.15) is 13.2 Å². The van der Waals surface area contributed by atoms with Gasteiger partial charge in [0.1, 0.15) is 6.61 Å². The van der Waals surface area contributed by atoms with E-state index in [1.165, 1.54) is 12.1 Å². The van der Waals surface area contributed by atoms with Crippen molar-refractivity contribution < 1.29 is 36.3 Å². The van der Waals surface area contributed by atoms with E-state index in [-0.39, 0.29) is 31.1 Å². The molecule has 1 aromatic carbocycles. The van der Waals surface area contributed by atoms with Gasteiger partial charge in [-0.1, -0.05) is 0 Å². The molecule has 1 fully saturated rings. The van der Waals surface area contributed by atoms with Gasteiger partial charge >= 0.3 is 6.18 Å². The Bertz CT molecular complexity index is 714. The molecule has 0 aliphatic carbocycles. The zero-order chi connectivity index (χ0) is 20.9. The van der Waals surface area contributed by atoms with Crippen LogP contribution in [0.4, 0.5) is 33.3 Å². The predicted octanol–water partition coefficient (Wildman–Crippen LogP) is 1.41. The third kappa shape index (κ3) is 5.84. The second-order valence-electron chi connectivity index (χ2n) is 5.95. The lowest BCUT2D eigenvalue weighted by Crippen LogP contribution is -2.48. The monoisotopic (exact) mass is 410 g/mol. The number of hydrogen-bond acceptors (Lipinski definition) is 5. The zero-order valence-corrected chi connectivity index (χ0v) is 14.6. The minimum atomic E-state index is -4.54. The summed E-state index contributed by atoms with van der Waals surface area (Å²) < 4.78 is 68.7. The summed E-state index contributed by atoms with van der Waals surface area (Å²) in [6.07, 6.45) is -7.49. The van der Waals surface area contributed by atoms with Crippen molar-refractivity contribution in [3.63, 3.8) is 0 Å². The molecule has 12 heteroatoms. The molecular weight excluding hydrogens is 391 g/mol. The second-order valence-corrected chi connectivity index (χ2v) is 5.95. The lowest BCUT2D eigenvalue weighted by Gasteiger charge is -2.29. The molecule has 0 aromatic heterocycles. The number of anilines is 2. The average molecular weight is 410 g/mol. The van der Waals surface area contributed by atoms with Crippen LogP contribution in [-0.2, 0) is 14.3 Å². The molecule has 1 aliphatic rings. The number of rotatable bonds is 7. The quantitative estimate of drug-likeness (QED) is 0.591. The number of benzene rings is 1. The molecule has 0 unspecified atom stereocenters. The van der Waals surface area contributed by atoms with Crippen LogP contribution >= 0.6 is 0 Å². The van der Waals surface area contributed by atoms with E-state index in [4.69, 9.17) is 10.5 Å². The number of amides is 2. The Morgan fingerprint density at radius 2 is 2.04 bits per heavy atom. The number of nitrogens with two attached hydrogens (primary N) is 1. The van der Waals surface area contributed by atoms with Gasteiger partial charge in [-0.25, -0.2) is 8.78 Å². The molecule has 7 nitrogen and oxygen atoms in total. The number of morpholine rings is 1. The minimum absolute atomic E-state index is 0.0214. The Labute approximate surface area is 157 Å². The Morgan fingerprint density at radius 3 is 2.61 bits per heavy atom. The smallest absolute Gasteiger partial charge is 0.370 e. The van der Waals surface area contributed by atoms with Gasteiger partial charge in [-0.15, -0.1) is 0 Å². The molecule has 0 saturated carbocycles. The van der Waals surface area contributed by atoms with Crippen molar-refractivity contribution in [3.05, 3.63) is 23.8 Å². The standard InChI is InChI=1S/C16H19F5N4O3/c17-14(18)10-5-9(1-2-12(10)25-3-4-28-7-13(25)26)24-15(27)11(6-22)23-8-16(19,20)21/h1-2,5,11,14,23H,3-4,6-8,22H2,(H,24,27)/t11-/m0/s1. The third-order valence-electron chi connectivity index (χ3n) is 3.91. The van der Waals surface area contributed by atoms with Gasteiger partial charge in [0.15, 0.2) is 0 Å². The second kappa shape index (κ2) is 9.26. The molecule has 2 rings (SSSR count). The Morgan fingerprint density at radius 1 is 1.32 bits per heavy atom. The molecule has 156 valence electrons. The van der Waals surface area contributed by atoms with Crippen molar-refractivity contribution in [2.45, 2.75) is 18.6 Å².